The molecule has 8 heteroatoms. The lowest BCUT2D eigenvalue weighted by Crippen LogP contribution is -2.23. The number of halogens is 1. The predicted molar refractivity (Wildman–Crippen MR) is 107 cm³/mol. The van der Waals surface area contributed by atoms with Crippen LogP contribution in [0.25, 0.3) is 0 Å². The zero-order valence-corrected chi connectivity index (χ0v) is 16.4. The largest absolute Gasteiger partial charge is 0.452 e. The third-order valence-corrected chi connectivity index (χ3v) is 4.53. The maximum atomic E-state index is 12.2. The zero-order chi connectivity index (χ0) is 19.8. The number of amides is 2. The van der Waals surface area contributed by atoms with Crippen molar-refractivity contribution in [2.75, 3.05) is 24.7 Å². The summed E-state index contributed by atoms with van der Waals surface area (Å²) in [5, 5.41) is 5.53. The molecule has 0 aliphatic carbocycles. The van der Waals surface area contributed by atoms with Gasteiger partial charge in [0.15, 0.2) is 6.61 Å². The van der Waals surface area contributed by atoms with Crippen molar-refractivity contribution >= 4 is 46.8 Å². The van der Waals surface area contributed by atoms with E-state index in [1.54, 1.807) is 42.5 Å². The molecule has 0 aliphatic rings. The number of carbonyl (C=O) groups excluding carboxylic acids is 3. The molecule has 0 radical (unpaired) electrons. The van der Waals surface area contributed by atoms with Crippen molar-refractivity contribution in [2.24, 2.45) is 0 Å². The summed E-state index contributed by atoms with van der Waals surface area (Å²) in [6.45, 7) is 1.86. The molecule has 2 amide bonds. The molecule has 2 aromatic rings. The summed E-state index contributed by atoms with van der Waals surface area (Å²) in [7, 11) is 0. The first-order chi connectivity index (χ1) is 12.9. The van der Waals surface area contributed by atoms with Crippen LogP contribution >= 0.6 is 23.4 Å². The molecule has 0 atom stereocenters. The van der Waals surface area contributed by atoms with Crippen molar-refractivity contribution in [1.82, 2.24) is 5.32 Å². The number of thioether (sulfide) groups is 1. The monoisotopic (exact) mass is 406 g/mol. The van der Waals surface area contributed by atoms with Crippen molar-refractivity contribution in [3.05, 3.63) is 58.6 Å². The topological polar surface area (TPSA) is 84.5 Å². The first-order valence-corrected chi connectivity index (χ1v) is 9.73. The number of hydrogen-bond donors (Lipinski definition) is 2. The molecular weight excluding hydrogens is 388 g/mol. The van der Waals surface area contributed by atoms with Gasteiger partial charge in [-0.3, -0.25) is 9.59 Å². The molecule has 27 heavy (non-hydrogen) atoms. The molecule has 0 saturated heterocycles. The van der Waals surface area contributed by atoms with Crippen LogP contribution in [0.3, 0.4) is 0 Å². The highest BCUT2D eigenvalue weighted by molar-refractivity contribution is 7.98. The van der Waals surface area contributed by atoms with E-state index in [9.17, 15) is 14.4 Å². The standard InChI is InChI=1S/C19H19ClN2O4S/c1-3-21-18(24)12-5-4-6-13(9-12)22-17(23)11-26-19(25)15-10-14(27-2)7-8-16(15)20/h4-10H,3,11H2,1-2H3,(H,21,24)(H,22,23). The van der Waals surface area contributed by atoms with Crippen LogP contribution < -0.4 is 10.6 Å². The number of rotatable bonds is 7. The van der Waals surface area contributed by atoms with Crippen LogP contribution in [0.4, 0.5) is 5.69 Å². The van der Waals surface area contributed by atoms with Crippen LogP contribution in [0.1, 0.15) is 27.6 Å². The number of anilines is 1. The van der Waals surface area contributed by atoms with Gasteiger partial charge in [0.2, 0.25) is 0 Å². The molecule has 142 valence electrons. The number of hydrogen-bond acceptors (Lipinski definition) is 5. The quantitative estimate of drug-likeness (QED) is 0.542. The molecule has 0 aliphatic heterocycles. The molecule has 2 aromatic carbocycles. The molecule has 2 N–H and O–H groups in total. The summed E-state index contributed by atoms with van der Waals surface area (Å²) in [6.07, 6.45) is 1.88. The smallest absolute Gasteiger partial charge is 0.340 e. The zero-order valence-electron chi connectivity index (χ0n) is 14.9. The van der Waals surface area contributed by atoms with Crippen LogP contribution in [-0.4, -0.2) is 37.2 Å². The first kappa shape index (κ1) is 20.8. The van der Waals surface area contributed by atoms with E-state index in [1.165, 1.54) is 11.8 Å². The molecule has 0 saturated carbocycles. The summed E-state index contributed by atoms with van der Waals surface area (Å²) in [6, 6.07) is 11.5. The van der Waals surface area contributed by atoms with Crippen molar-refractivity contribution in [3.8, 4) is 0 Å². The van der Waals surface area contributed by atoms with Gasteiger partial charge in [0.25, 0.3) is 11.8 Å². The van der Waals surface area contributed by atoms with Crippen LogP contribution in [-0.2, 0) is 9.53 Å². The van der Waals surface area contributed by atoms with Crippen LogP contribution in [0, 0.1) is 0 Å². The van der Waals surface area contributed by atoms with Gasteiger partial charge in [0, 0.05) is 22.7 Å². The molecule has 0 heterocycles. The van der Waals surface area contributed by atoms with Gasteiger partial charge in [-0.2, -0.15) is 0 Å². The van der Waals surface area contributed by atoms with Gasteiger partial charge in [-0.05, 0) is 49.6 Å². The molecule has 0 spiro atoms. The minimum atomic E-state index is -0.679. The van der Waals surface area contributed by atoms with Crippen molar-refractivity contribution in [3.63, 3.8) is 0 Å². The normalized spacial score (nSPS) is 10.2. The maximum absolute atomic E-state index is 12.2. The Hall–Kier alpha value is -2.51. The SMILES string of the molecule is CCNC(=O)c1cccc(NC(=O)COC(=O)c2cc(SC)ccc2Cl)c1. The fourth-order valence-electron chi connectivity index (χ4n) is 2.19. The Labute approximate surface area is 166 Å². The van der Waals surface area contributed by atoms with Crippen LogP contribution in [0.2, 0.25) is 5.02 Å². The molecule has 2 rings (SSSR count). The van der Waals surface area contributed by atoms with E-state index in [4.69, 9.17) is 16.3 Å². The Morgan fingerprint density at radius 2 is 1.93 bits per heavy atom. The van der Waals surface area contributed by atoms with Gasteiger partial charge < -0.3 is 15.4 Å². The Morgan fingerprint density at radius 3 is 2.63 bits per heavy atom. The third kappa shape index (κ3) is 6.01. The third-order valence-electron chi connectivity index (χ3n) is 3.47. The van der Waals surface area contributed by atoms with Crippen molar-refractivity contribution in [2.45, 2.75) is 11.8 Å². The fourth-order valence-corrected chi connectivity index (χ4v) is 2.83. The van der Waals surface area contributed by atoms with Crippen molar-refractivity contribution in [1.29, 1.82) is 0 Å². The number of benzene rings is 2. The lowest BCUT2D eigenvalue weighted by atomic mass is 10.2. The Morgan fingerprint density at radius 1 is 1.15 bits per heavy atom. The molecule has 0 aromatic heterocycles. The van der Waals surface area contributed by atoms with Gasteiger partial charge in [0.05, 0.1) is 10.6 Å². The second kappa shape index (κ2) is 9.99. The van der Waals surface area contributed by atoms with E-state index in [-0.39, 0.29) is 16.5 Å². The van der Waals surface area contributed by atoms with Gasteiger partial charge in [-0.15, -0.1) is 11.8 Å². The lowest BCUT2D eigenvalue weighted by molar-refractivity contribution is -0.119. The van der Waals surface area contributed by atoms with E-state index >= 15 is 0 Å². The second-order valence-electron chi connectivity index (χ2n) is 5.41. The summed E-state index contributed by atoms with van der Waals surface area (Å²) < 4.78 is 5.03. The van der Waals surface area contributed by atoms with Gasteiger partial charge in [-0.1, -0.05) is 17.7 Å². The Bertz CT molecular complexity index is 857. The van der Waals surface area contributed by atoms with Crippen molar-refractivity contribution < 1.29 is 19.1 Å². The highest BCUT2D eigenvalue weighted by Gasteiger charge is 2.15. The number of carbonyl (C=O) groups is 3. The van der Waals surface area contributed by atoms with E-state index in [1.807, 2.05) is 13.2 Å². The van der Waals surface area contributed by atoms with E-state index in [2.05, 4.69) is 10.6 Å². The maximum Gasteiger partial charge on any atom is 0.340 e. The summed E-state index contributed by atoms with van der Waals surface area (Å²) in [5.74, 6) is -1.43. The highest BCUT2D eigenvalue weighted by atomic mass is 35.5. The van der Waals surface area contributed by atoms with Gasteiger partial charge in [0.1, 0.15) is 0 Å². The lowest BCUT2D eigenvalue weighted by Gasteiger charge is -2.09. The summed E-state index contributed by atoms with van der Waals surface area (Å²) >= 11 is 7.48. The molecular formula is C19H19ClN2O4S. The average molecular weight is 407 g/mol. The van der Waals surface area contributed by atoms with E-state index < -0.39 is 18.5 Å². The van der Waals surface area contributed by atoms with E-state index in [0.717, 1.165) is 4.90 Å². The molecule has 6 nitrogen and oxygen atoms in total. The minimum Gasteiger partial charge on any atom is -0.452 e. The molecule has 0 fully saturated rings. The molecule has 0 unspecified atom stereocenters. The second-order valence-corrected chi connectivity index (χ2v) is 6.70. The predicted octanol–water partition coefficient (Wildman–Crippen LogP) is 3.61. The minimum absolute atomic E-state index is 0.203. The summed E-state index contributed by atoms with van der Waals surface area (Å²) in [4.78, 5) is 36.9. The van der Waals surface area contributed by atoms with Crippen LogP contribution in [0.15, 0.2) is 47.4 Å². The fraction of sp³-hybridized carbons (Fsp3) is 0.211. The van der Waals surface area contributed by atoms with Gasteiger partial charge >= 0.3 is 5.97 Å². The van der Waals surface area contributed by atoms with E-state index in [0.29, 0.717) is 17.8 Å². The molecule has 0 bridgehead atoms. The highest BCUT2D eigenvalue weighted by Crippen LogP contribution is 2.23. The van der Waals surface area contributed by atoms with Gasteiger partial charge in [-0.25, -0.2) is 4.79 Å². The first-order valence-electron chi connectivity index (χ1n) is 8.13. The number of ether oxygens (including phenoxy) is 1. The number of esters is 1. The number of nitrogens with one attached hydrogen (secondary N) is 2. The Balaban J connectivity index is 1.96. The van der Waals surface area contributed by atoms with Crippen LogP contribution in [0.5, 0.6) is 0 Å². The Kier molecular flexibility index (Phi) is 7.69. The summed E-state index contributed by atoms with van der Waals surface area (Å²) in [5.41, 5.74) is 1.06. The average Bonchev–Trinajstić information content (AvgIpc) is 2.67.